The Morgan fingerprint density at radius 3 is 0.581 bits per heavy atom. The molecule has 3 aromatic rings. The van der Waals surface area contributed by atoms with E-state index < -0.39 is 6.10 Å². The van der Waals surface area contributed by atoms with Gasteiger partial charge < -0.3 is 9.51 Å². The third kappa shape index (κ3) is 57.4. The van der Waals surface area contributed by atoms with Gasteiger partial charge in [-0.3, -0.25) is 0 Å². The Morgan fingerprint density at radius 2 is 0.411 bits per heavy atom. The summed E-state index contributed by atoms with van der Waals surface area (Å²) >= 11 is 6.03. The van der Waals surface area contributed by atoms with Crippen LogP contribution in [0.2, 0.25) is 5.02 Å². The first-order valence-corrected chi connectivity index (χ1v) is 35.8. The molecule has 1 unspecified atom stereocenters. The molecule has 1 aromatic carbocycles. The topological polar surface area (TPSA) is 37.5 Å². The van der Waals surface area contributed by atoms with Crippen LogP contribution in [0.25, 0.3) is 5.52 Å². The van der Waals surface area contributed by atoms with Crippen molar-refractivity contribution < 1.29 is 5.11 Å². The highest BCUT2D eigenvalue weighted by molar-refractivity contribution is 6.30. The number of hydrogen-bond donors (Lipinski definition) is 1. The minimum atomic E-state index is -0.396. The first-order valence-electron chi connectivity index (χ1n) is 35.4. The molecule has 2 heterocycles. The monoisotopic (exact) mass is 1610 g/mol. The average molecular weight is 1610 g/mol. The fraction of sp³-hybridized carbons (Fsp3) is 0.0800. The van der Waals surface area contributed by atoms with Crippen LogP contribution in [0.3, 0.4) is 0 Å². The predicted molar refractivity (Wildman–Crippen MR) is 507 cm³/mol. The van der Waals surface area contributed by atoms with Gasteiger partial charge in [-0.05, 0) is 180 Å². The van der Waals surface area contributed by atoms with E-state index in [1.165, 1.54) is 24.0 Å². The van der Waals surface area contributed by atoms with E-state index in [0.29, 0.717) is 17.8 Å². The van der Waals surface area contributed by atoms with Crippen LogP contribution in [0.5, 0.6) is 0 Å². The molecule has 1 atom stereocenters. The Labute approximate surface area is 764 Å². The highest BCUT2D eigenvalue weighted by atomic mass is 35.5. The van der Waals surface area contributed by atoms with Crippen LogP contribution in [0.1, 0.15) is 73.2 Å². The Bertz CT molecular complexity index is 8420. The molecule has 0 bridgehead atoms. The molecule has 0 spiro atoms. The first-order chi connectivity index (χ1) is 64.1. The normalized spacial score (nSPS) is 8.19. The average Bonchev–Trinajstić information content (AvgIpc) is 1.64. The predicted octanol–water partition coefficient (Wildman–Crippen LogP) is 6.29. The summed E-state index contributed by atoms with van der Waals surface area (Å²) < 4.78 is 2.05. The zero-order chi connectivity index (χ0) is 91.1. The van der Waals surface area contributed by atoms with Gasteiger partial charge in [0.05, 0.1) is 24.1 Å². The highest BCUT2D eigenvalue weighted by Crippen LogP contribution is 2.48. The number of aliphatic hydroxyl groups is 1. The summed E-state index contributed by atoms with van der Waals surface area (Å²) in [5.74, 6) is 250. The molecule has 2 saturated carbocycles. The number of pyridine rings is 1. The second kappa shape index (κ2) is 75.1. The largest absolute Gasteiger partial charge is 0.388 e. The van der Waals surface area contributed by atoms with Crippen molar-refractivity contribution >= 4 is 17.1 Å². The summed E-state index contributed by atoms with van der Waals surface area (Å²) in [6.07, 6.45) is 22.2. The molecule has 0 saturated heterocycles. The molecule has 1 N–H and O–H groups in total. The summed E-state index contributed by atoms with van der Waals surface area (Å²) in [7, 11) is 0. The Balaban J connectivity index is 0.00000107. The van der Waals surface area contributed by atoms with Crippen molar-refractivity contribution in [2.75, 3.05) is 0 Å². The van der Waals surface area contributed by atoms with Gasteiger partial charge in [-0.2, -0.15) is 0 Å². The molecule has 129 heavy (non-hydrogen) atoms. The number of rotatable bonds is 4. The zero-order valence-electron chi connectivity index (χ0n) is 66.5. The number of aromatic nitrogens is 2. The molecule has 0 aliphatic heterocycles. The molecule has 2 aliphatic rings. The van der Waals surface area contributed by atoms with E-state index in [4.69, 9.17) is 24.4 Å². The number of benzene rings is 1. The third-order valence-corrected chi connectivity index (χ3v) is 13.0. The van der Waals surface area contributed by atoms with Gasteiger partial charge in [0.2, 0.25) is 0 Å². The van der Waals surface area contributed by atoms with Crippen molar-refractivity contribution in [1.29, 1.82) is 0 Å². The van der Waals surface area contributed by atoms with Gasteiger partial charge in [0, 0.05) is 514 Å². The highest BCUT2D eigenvalue weighted by Gasteiger charge is 2.34. The smallest absolute Gasteiger partial charge is 0.0992 e. The van der Waals surface area contributed by atoms with Crippen LogP contribution >= 0.6 is 11.6 Å². The van der Waals surface area contributed by atoms with Gasteiger partial charge in [0.15, 0.2) is 0 Å². The van der Waals surface area contributed by atoms with Gasteiger partial charge in [0.25, 0.3) is 0 Å². The van der Waals surface area contributed by atoms with Crippen LogP contribution in [0.15, 0.2) is 49.1 Å². The molecule has 2 aromatic heterocycles. The van der Waals surface area contributed by atoms with Gasteiger partial charge in [-0.1, -0.05) is 23.7 Å². The second-order valence-electron chi connectivity index (χ2n) is 20.8. The fourth-order valence-electron chi connectivity index (χ4n) is 7.91. The number of nitrogens with zero attached hydrogens (tertiary/aromatic N) is 2. The first kappa shape index (κ1) is 97.1. The SMILES string of the molecule is C#CC#CC#CC#CC#CC#CC#CC#CC#CC#CC#CC#CC#CC#CC#CC#CC#CC#CC#CC#CC#CC#CC#CC#CC#CC#CC#CC#CC#CC#CC#CC#CC#CC#CC#CC#CC#CC#CC#CC#CC#CC#CC#CC#CC#CC#CC#CC#CC#CC#CC#C.OC(c1c(C2CC2)ccn2cncc12)C1CCC(c2ccc(Cl)cc2)CC1. The number of fused-ring (bicyclic) bond motifs is 1. The minimum absolute atomic E-state index is 0.326. The lowest BCUT2D eigenvalue weighted by Gasteiger charge is -2.33. The van der Waals surface area contributed by atoms with Crippen LogP contribution in [-0.4, -0.2) is 14.5 Å². The number of terminal acetylenes is 2. The zero-order valence-corrected chi connectivity index (χ0v) is 67.3. The van der Waals surface area contributed by atoms with Gasteiger partial charge in [-0.25, -0.2) is 4.98 Å². The van der Waals surface area contributed by atoms with Gasteiger partial charge >= 0.3 is 0 Å². The van der Waals surface area contributed by atoms with Gasteiger partial charge in [0.1, 0.15) is 0 Å². The third-order valence-electron chi connectivity index (χ3n) is 12.7. The second-order valence-corrected chi connectivity index (χ2v) is 21.2. The summed E-state index contributed by atoms with van der Waals surface area (Å²) in [5.41, 5.74) is 4.93. The van der Waals surface area contributed by atoms with Crippen LogP contribution in [0.4, 0.5) is 0 Å². The minimum Gasteiger partial charge on any atom is -0.388 e. The standard InChI is InChI=1S/C102H2.C23H25ClN2O/c1-3-5-7-9-11-13-15-17-19-21-23-25-27-29-31-33-35-37-39-41-43-45-47-49-51-53-55-57-59-61-63-65-67-69-71-73-75-77-79-81-83-85-87-89-91-93-95-97-99-101-102-100-98-96-94-92-90-88-86-84-82-80-78-76-74-72-70-68-66-64-62-60-58-56-54-52-50-48-46-44-42-40-38-36-34-32-30-28-26-24-22-20-18-16-14-12-10-8-6-4-2;24-19-9-7-16(8-10-19)15-1-5-18(6-2-15)23(27)22-20(17-3-4-17)11-12-26-14-25-13-21(22)26/h1-2H;7-15,17-18,23,27H,1-6H2. The lowest BCUT2D eigenvalue weighted by atomic mass is 9.75. The molecule has 0 amide bonds. The van der Waals surface area contributed by atoms with E-state index in [-0.39, 0.29) is 0 Å². The van der Waals surface area contributed by atoms with Crippen LogP contribution < -0.4 is 0 Å². The van der Waals surface area contributed by atoms with E-state index in [2.05, 4.69) is 621 Å². The van der Waals surface area contributed by atoms with Crippen molar-refractivity contribution in [3.05, 3.63) is 70.8 Å². The van der Waals surface area contributed by atoms with Crippen molar-refractivity contribution in [3.63, 3.8) is 0 Å². The van der Waals surface area contributed by atoms with Crippen molar-refractivity contribution in [2.24, 2.45) is 5.92 Å². The molecule has 550 valence electrons. The Hall–Kier alpha value is -24.3. The van der Waals surface area contributed by atoms with Crippen LogP contribution in [0, 0.1) is 611 Å². The van der Waals surface area contributed by atoms with Crippen molar-refractivity contribution in [3.8, 4) is 605 Å². The summed E-state index contributed by atoms with van der Waals surface area (Å²) in [6.45, 7) is 0. The lowest BCUT2D eigenvalue weighted by Crippen LogP contribution is -2.21. The molecule has 0 radical (unpaired) electrons. The molecule has 2 aliphatic carbocycles. The van der Waals surface area contributed by atoms with Crippen molar-refractivity contribution in [2.45, 2.75) is 56.5 Å². The molecular weight excluding hydrogens is 1580 g/mol. The van der Waals surface area contributed by atoms with E-state index in [1.807, 2.05) is 29.1 Å². The summed E-state index contributed by atoms with van der Waals surface area (Å²) in [6, 6.07) is 10.5. The summed E-state index contributed by atoms with van der Waals surface area (Å²) in [4.78, 5) is 4.31. The molecular formula is C125H27ClN2O. The molecule has 5 rings (SSSR count). The van der Waals surface area contributed by atoms with E-state index in [9.17, 15) is 5.11 Å². The Kier molecular flexibility index (Phi) is 56.5. The number of imidazole rings is 1. The molecule has 3 nitrogen and oxygen atoms in total. The van der Waals surface area contributed by atoms with Crippen molar-refractivity contribution in [1.82, 2.24) is 9.38 Å². The van der Waals surface area contributed by atoms with Gasteiger partial charge in [-0.15, -0.1) is 12.8 Å². The number of halogens is 1. The van der Waals surface area contributed by atoms with E-state index in [1.54, 1.807) is 0 Å². The number of hydrogen-bond acceptors (Lipinski definition) is 2. The maximum absolute atomic E-state index is 11.4. The maximum Gasteiger partial charge on any atom is 0.0992 e. The fourth-order valence-corrected chi connectivity index (χ4v) is 8.04. The molecule has 4 heteroatoms. The molecule has 2 fully saturated rings. The van der Waals surface area contributed by atoms with E-state index >= 15 is 0 Å². The quantitative estimate of drug-likeness (QED) is 0.313. The number of aliphatic hydroxyl groups excluding tert-OH is 1. The summed E-state index contributed by atoms with van der Waals surface area (Å²) in [5, 5.41) is 12.1. The van der Waals surface area contributed by atoms with Crippen LogP contribution in [-0.2, 0) is 0 Å². The van der Waals surface area contributed by atoms with E-state index in [0.717, 1.165) is 41.8 Å². The lowest BCUT2D eigenvalue weighted by molar-refractivity contribution is 0.0810. The maximum atomic E-state index is 11.4. The Morgan fingerprint density at radius 1 is 0.240 bits per heavy atom.